The quantitative estimate of drug-likeness (QED) is 0.679. The van der Waals surface area contributed by atoms with Crippen LogP contribution in [-0.2, 0) is 4.79 Å². The predicted octanol–water partition coefficient (Wildman–Crippen LogP) is 3.92. The highest BCUT2D eigenvalue weighted by Crippen LogP contribution is 2.32. The summed E-state index contributed by atoms with van der Waals surface area (Å²) in [4.78, 5) is 16.9. The number of thioether (sulfide) groups is 1. The maximum atomic E-state index is 12.4. The van der Waals surface area contributed by atoms with E-state index in [-0.39, 0.29) is 11.7 Å². The molecule has 0 saturated heterocycles. The molecule has 0 unspecified atom stereocenters. The standard InChI is InChI=1S/C21H17N3O3S/c1-13-2-3-14-9-15(11-22)21(24-17(14)8-13)28-12-20(25)23-16-4-5-18-19(10-16)27-7-6-26-18/h2-5,8-10H,6-7,12H2,1H3,(H,23,25). The number of nitrogens with zero attached hydrogens (tertiary/aromatic N) is 2. The predicted molar refractivity (Wildman–Crippen MR) is 108 cm³/mol. The maximum Gasteiger partial charge on any atom is 0.234 e. The van der Waals surface area contributed by atoms with Crippen LogP contribution >= 0.6 is 11.8 Å². The third kappa shape index (κ3) is 3.87. The summed E-state index contributed by atoms with van der Waals surface area (Å²) in [5.41, 5.74) is 3.01. The minimum Gasteiger partial charge on any atom is -0.486 e. The Labute approximate surface area is 166 Å². The fourth-order valence-electron chi connectivity index (χ4n) is 2.90. The van der Waals surface area contributed by atoms with Crippen LogP contribution in [0.3, 0.4) is 0 Å². The van der Waals surface area contributed by atoms with Gasteiger partial charge in [-0.3, -0.25) is 4.79 Å². The highest BCUT2D eigenvalue weighted by molar-refractivity contribution is 8.00. The van der Waals surface area contributed by atoms with Crippen LogP contribution in [0.2, 0.25) is 0 Å². The first-order valence-corrected chi connectivity index (χ1v) is 9.75. The molecular weight excluding hydrogens is 374 g/mol. The zero-order chi connectivity index (χ0) is 19.5. The average Bonchev–Trinajstić information content (AvgIpc) is 2.71. The van der Waals surface area contributed by atoms with Crippen LogP contribution in [0.15, 0.2) is 47.5 Å². The molecule has 1 amide bonds. The molecule has 0 fully saturated rings. The van der Waals surface area contributed by atoms with Gasteiger partial charge >= 0.3 is 0 Å². The Hall–Kier alpha value is -3.24. The molecule has 4 rings (SSSR count). The number of anilines is 1. The average molecular weight is 391 g/mol. The van der Waals surface area contributed by atoms with E-state index >= 15 is 0 Å². The number of fused-ring (bicyclic) bond motifs is 2. The molecule has 1 N–H and O–H groups in total. The Kier molecular flexibility index (Phi) is 5.04. The van der Waals surface area contributed by atoms with E-state index in [4.69, 9.17) is 9.47 Å². The zero-order valence-corrected chi connectivity index (χ0v) is 16.0. The Morgan fingerprint density at radius 2 is 2.00 bits per heavy atom. The summed E-state index contributed by atoms with van der Waals surface area (Å²) >= 11 is 1.25. The van der Waals surface area contributed by atoms with Crippen molar-refractivity contribution in [3.05, 3.63) is 53.6 Å². The number of aryl methyl sites for hydroxylation is 1. The van der Waals surface area contributed by atoms with E-state index in [1.54, 1.807) is 18.2 Å². The number of nitrogens with one attached hydrogen (secondary N) is 1. The maximum absolute atomic E-state index is 12.4. The van der Waals surface area contributed by atoms with E-state index < -0.39 is 0 Å². The van der Waals surface area contributed by atoms with Crippen LogP contribution in [-0.4, -0.2) is 29.9 Å². The molecule has 2 heterocycles. The van der Waals surface area contributed by atoms with Crippen molar-refractivity contribution in [2.45, 2.75) is 11.9 Å². The zero-order valence-electron chi connectivity index (χ0n) is 15.2. The minimum atomic E-state index is -0.184. The largest absolute Gasteiger partial charge is 0.486 e. The number of hydrogen-bond acceptors (Lipinski definition) is 6. The first-order valence-electron chi connectivity index (χ1n) is 8.76. The molecule has 0 bridgehead atoms. The van der Waals surface area contributed by atoms with Crippen LogP contribution in [0.1, 0.15) is 11.1 Å². The van der Waals surface area contributed by atoms with E-state index in [0.29, 0.717) is 41.0 Å². The minimum absolute atomic E-state index is 0.146. The SMILES string of the molecule is Cc1ccc2cc(C#N)c(SCC(=O)Nc3ccc4c(c3)OCCO4)nc2c1. The Balaban J connectivity index is 1.46. The number of rotatable bonds is 4. The summed E-state index contributed by atoms with van der Waals surface area (Å²) in [6, 6.07) is 15.2. The summed E-state index contributed by atoms with van der Waals surface area (Å²) in [7, 11) is 0. The lowest BCUT2D eigenvalue weighted by Crippen LogP contribution is -2.17. The molecule has 2 aromatic carbocycles. The lowest BCUT2D eigenvalue weighted by atomic mass is 10.1. The number of hydrogen-bond donors (Lipinski definition) is 1. The number of carbonyl (C=O) groups excluding carboxylic acids is 1. The van der Waals surface area contributed by atoms with Gasteiger partial charge < -0.3 is 14.8 Å². The first kappa shape index (κ1) is 18.1. The van der Waals surface area contributed by atoms with Gasteiger partial charge in [0.05, 0.1) is 16.8 Å². The molecular formula is C21H17N3O3S. The number of nitriles is 1. The molecule has 140 valence electrons. The van der Waals surface area contributed by atoms with Crippen molar-refractivity contribution in [3.8, 4) is 17.6 Å². The monoisotopic (exact) mass is 391 g/mol. The number of amides is 1. The molecule has 0 radical (unpaired) electrons. The molecule has 0 atom stereocenters. The van der Waals surface area contributed by atoms with Crippen molar-refractivity contribution in [2.75, 3.05) is 24.3 Å². The normalized spacial score (nSPS) is 12.4. The van der Waals surface area contributed by atoms with Gasteiger partial charge in [-0.05, 0) is 36.8 Å². The smallest absolute Gasteiger partial charge is 0.234 e. The van der Waals surface area contributed by atoms with E-state index in [9.17, 15) is 10.1 Å². The number of benzene rings is 2. The molecule has 1 aromatic heterocycles. The van der Waals surface area contributed by atoms with Gasteiger partial charge in [-0.2, -0.15) is 5.26 Å². The molecule has 28 heavy (non-hydrogen) atoms. The van der Waals surface area contributed by atoms with Crippen molar-refractivity contribution in [3.63, 3.8) is 0 Å². The molecule has 1 aliphatic heterocycles. The third-order valence-electron chi connectivity index (χ3n) is 4.22. The van der Waals surface area contributed by atoms with Gasteiger partial charge in [0.2, 0.25) is 5.91 Å². The van der Waals surface area contributed by atoms with E-state index in [1.807, 2.05) is 31.2 Å². The van der Waals surface area contributed by atoms with Crippen LogP contribution in [0.4, 0.5) is 5.69 Å². The van der Waals surface area contributed by atoms with Gasteiger partial charge in [-0.15, -0.1) is 0 Å². The molecule has 6 nitrogen and oxygen atoms in total. The van der Waals surface area contributed by atoms with Crippen molar-refractivity contribution < 1.29 is 14.3 Å². The van der Waals surface area contributed by atoms with Crippen LogP contribution in [0, 0.1) is 18.3 Å². The molecule has 0 saturated carbocycles. The van der Waals surface area contributed by atoms with E-state index in [2.05, 4.69) is 16.4 Å². The number of carbonyl (C=O) groups is 1. The van der Waals surface area contributed by atoms with Crippen LogP contribution in [0.5, 0.6) is 11.5 Å². The second-order valence-corrected chi connectivity index (χ2v) is 7.31. The van der Waals surface area contributed by atoms with Gasteiger partial charge in [-0.1, -0.05) is 23.9 Å². The summed E-state index contributed by atoms with van der Waals surface area (Å²) in [5.74, 6) is 1.26. The highest BCUT2D eigenvalue weighted by atomic mass is 32.2. The summed E-state index contributed by atoms with van der Waals surface area (Å²) in [6.45, 7) is 3.01. The van der Waals surface area contributed by atoms with Crippen LogP contribution < -0.4 is 14.8 Å². The summed E-state index contributed by atoms with van der Waals surface area (Å²) < 4.78 is 11.0. The van der Waals surface area contributed by atoms with Crippen molar-refractivity contribution in [2.24, 2.45) is 0 Å². The molecule has 7 heteroatoms. The molecule has 0 spiro atoms. The van der Waals surface area contributed by atoms with Gasteiger partial charge in [0.15, 0.2) is 11.5 Å². The molecule has 1 aliphatic rings. The number of pyridine rings is 1. The Morgan fingerprint density at radius 3 is 2.82 bits per heavy atom. The third-order valence-corrected chi connectivity index (χ3v) is 5.22. The Morgan fingerprint density at radius 1 is 1.18 bits per heavy atom. The number of ether oxygens (including phenoxy) is 2. The van der Waals surface area contributed by atoms with Crippen molar-refractivity contribution in [1.29, 1.82) is 5.26 Å². The summed E-state index contributed by atoms with van der Waals surface area (Å²) in [6.07, 6.45) is 0. The molecule has 0 aliphatic carbocycles. The van der Waals surface area contributed by atoms with Crippen LogP contribution in [0.25, 0.3) is 10.9 Å². The lowest BCUT2D eigenvalue weighted by Gasteiger charge is -2.19. The van der Waals surface area contributed by atoms with Gasteiger partial charge in [-0.25, -0.2) is 4.98 Å². The highest BCUT2D eigenvalue weighted by Gasteiger charge is 2.14. The van der Waals surface area contributed by atoms with Gasteiger partial charge in [0.25, 0.3) is 0 Å². The lowest BCUT2D eigenvalue weighted by molar-refractivity contribution is -0.113. The fraction of sp³-hybridized carbons (Fsp3) is 0.190. The fourth-order valence-corrected chi connectivity index (χ4v) is 3.66. The topological polar surface area (TPSA) is 84.2 Å². The second kappa shape index (κ2) is 7.79. The van der Waals surface area contributed by atoms with Crippen molar-refractivity contribution in [1.82, 2.24) is 4.98 Å². The van der Waals surface area contributed by atoms with Gasteiger partial charge in [0, 0.05) is 17.1 Å². The Bertz CT molecular complexity index is 1110. The number of aromatic nitrogens is 1. The van der Waals surface area contributed by atoms with Crippen molar-refractivity contribution >= 4 is 34.3 Å². The summed E-state index contributed by atoms with van der Waals surface area (Å²) in [5, 5.41) is 13.7. The van der Waals surface area contributed by atoms with Gasteiger partial charge in [0.1, 0.15) is 24.3 Å². The second-order valence-electron chi connectivity index (χ2n) is 6.34. The molecule has 3 aromatic rings. The van der Waals surface area contributed by atoms with E-state index in [0.717, 1.165) is 16.5 Å². The first-order chi connectivity index (χ1) is 13.6. The van der Waals surface area contributed by atoms with E-state index in [1.165, 1.54) is 11.8 Å².